The van der Waals surface area contributed by atoms with Crippen molar-refractivity contribution in [1.82, 2.24) is 0 Å². The highest BCUT2D eigenvalue weighted by Crippen LogP contribution is 2.68. The average molecular weight is 417 g/mol. The minimum atomic E-state index is -1.40. The van der Waals surface area contributed by atoms with Gasteiger partial charge in [0.2, 0.25) is 0 Å². The number of fused-ring (bicyclic) bond motifs is 5. The number of carbonyl (C=O) groups is 2. The molecular weight excluding hydrogens is 372 g/mol. The zero-order valence-electron chi connectivity index (χ0n) is 20.0. The van der Waals surface area contributed by atoms with Crippen LogP contribution in [0.1, 0.15) is 105 Å². The first kappa shape index (κ1) is 22.5. The predicted octanol–water partition coefficient (Wildman–Crippen LogP) is 5.97. The zero-order chi connectivity index (χ0) is 21.9. The highest BCUT2D eigenvalue weighted by atomic mass is 16.3. The number of aliphatic hydroxyl groups is 1. The molecule has 30 heavy (non-hydrogen) atoms. The highest BCUT2D eigenvalue weighted by molar-refractivity contribution is 5.96. The van der Waals surface area contributed by atoms with Gasteiger partial charge >= 0.3 is 0 Å². The van der Waals surface area contributed by atoms with Gasteiger partial charge in [0.1, 0.15) is 11.4 Å². The predicted molar refractivity (Wildman–Crippen MR) is 120 cm³/mol. The van der Waals surface area contributed by atoms with E-state index in [1.165, 1.54) is 38.5 Å². The lowest BCUT2D eigenvalue weighted by atomic mass is 9.42. The third-order valence-corrected chi connectivity index (χ3v) is 10.7. The van der Waals surface area contributed by atoms with E-state index >= 15 is 0 Å². The molecule has 8 atom stereocenters. The fourth-order valence-electron chi connectivity index (χ4n) is 8.86. The quantitative estimate of drug-likeness (QED) is 0.600. The molecule has 0 saturated heterocycles. The molecule has 0 aromatic heterocycles. The summed E-state index contributed by atoms with van der Waals surface area (Å²) in [6.07, 6.45) is 10.7. The monoisotopic (exact) mass is 416 g/mol. The SMILES string of the molecule is CC(C)CCCC(C)C1CCC2C3CC(=O)C4(O)CC(=O)CCC4(C)C3CCC12C. The molecule has 3 heteroatoms. The Balaban J connectivity index is 1.54. The molecule has 1 N–H and O–H groups in total. The van der Waals surface area contributed by atoms with Crippen molar-refractivity contribution < 1.29 is 14.7 Å². The van der Waals surface area contributed by atoms with Crippen molar-refractivity contribution in [3.63, 3.8) is 0 Å². The van der Waals surface area contributed by atoms with Crippen LogP contribution in [-0.4, -0.2) is 22.3 Å². The molecule has 4 rings (SSSR count). The standard InChI is InChI=1S/C27H44O3/c1-17(2)7-6-8-18(3)21-9-10-22-20-15-24(29)27(30)16-19(28)11-14-26(27,5)23(20)12-13-25(21,22)4/h17-18,20-23,30H,6-16H2,1-5H3. The molecule has 0 aromatic carbocycles. The van der Waals surface area contributed by atoms with E-state index in [2.05, 4.69) is 34.6 Å². The van der Waals surface area contributed by atoms with Crippen LogP contribution in [-0.2, 0) is 9.59 Å². The maximum absolute atomic E-state index is 13.3. The van der Waals surface area contributed by atoms with Crippen molar-refractivity contribution in [3.8, 4) is 0 Å². The van der Waals surface area contributed by atoms with Crippen LogP contribution in [0.2, 0.25) is 0 Å². The summed E-state index contributed by atoms with van der Waals surface area (Å²) in [5.74, 6) is 3.76. The van der Waals surface area contributed by atoms with E-state index in [0.717, 1.165) is 24.2 Å². The first-order valence-corrected chi connectivity index (χ1v) is 12.8. The van der Waals surface area contributed by atoms with Gasteiger partial charge in [-0.1, -0.05) is 53.9 Å². The van der Waals surface area contributed by atoms with Crippen molar-refractivity contribution >= 4 is 11.6 Å². The Morgan fingerprint density at radius 1 is 1.00 bits per heavy atom. The fourth-order valence-corrected chi connectivity index (χ4v) is 8.86. The van der Waals surface area contributed by atoms with E-state index < -0.39 is 11.0 Å². The Kier molecular flexibility index (Phi) is 5.78. The van der Waals surface area contributed by atoms with E-state index in [1.807, 2.05) is 0 Å². The Bertz CT molecular complexity index is 698. The molecule has 4 aliphatic rings. The summed E-state index contributed by atoms with van der Waals surface area (Å²) in [6.45, 7) is 11.8. The summed E-state index contributed by atoms with van der Waals surface area (Å²) >= 11 is 0. The maximum atomic E-state index is 13.3. The number of ketones is 2. The Hall–Kier alpha value is -0.700. The Labute approximate surface area is 183 Å². The molecule has 0 spiro atoms. The minimum Gasteiger partial charge on any atom is -0.381 e. The van der Waals surface area contributed by atoms with Crippen molar-refractivity contribution in [3.05, 3.63) is 0 Å². The van der Waals surface area contributed by atoms with Gasteiger partial charge in [0.05, 0.1) is 0 Å². The van der Waals surface area contributed by atoms with Gasteiger partial charge in [-0.3, -0.25) is 9.59 Å². The van der Waals surface area contributed by atoms with Crippen LogP contribution >= 0.6 is 0 Å². The van der Waals surface area contributed by atoms with E-state index in [-0.39, 0.29) is 18.0 Å². The summed E-state index contributed by atoms with van der Waals surface area (Å²) in [6, 6.07) is 0. The lowest BCUT2D eigenvalue weighted by Crippen LogP contribution is -2.66. The zero-order valence-corrected chi connectivity index (χ0v) is 20.0. The van der Waals surface area contributed by atoms with E-state index in [4.69, 9.17) is 0 Å². The van der Waals surface area contributed by atoms with E-state index in [9.17, 15) is 14.7 Å². The van der Waals surface area contributed by atoms with Crippen LogP contribution in [0.4, 0.5) is 0 Å². The summed E-state index contributed by atoms with van der Waals surface area (Å²) < 4.78 is 0. The van der Waals surface area contributed by atoms with Crippen LogP contribution < -0.4 is 0 Å². The number of rotatable bonds is 5. The molecule has 0 aromatic rings. The van der Waals surface area contributed by atoms with Gasteiger partial charge in [-0.05, 0) is 73.0 Å². The number of carbonyl (C=O) groups excluding carboxylic acids is 2. The van der Waals surface area contributed by atoms with Crippen molar-refractivity contribution in [2.75, 3.05) is 0 Å². The third kappa shape index (κ3) is 3.24. The summed E-state index contributed by atoms with van der Waals surface area (Å²) in [7, 11) is 0. The number of hydrogen-bond acceptors (Lipinski definition) is 3. The van der Waals surface area contributed by atoms with Gasteiger partial charge in [0.15, 0.2) is 5.78 Å². The first-order valence-electron chi connectivity index (χ1n) is 12.8. The van der Waals surface area contributed by atoms with E-state index in [0.29, 0.717) is 42.4 Å². The Morgan fingerprint density at radius 2 is 1.73 bits per heavy atom. The molecule has 170 valence electrons. The van der Waals surface area contributed by atoms with Gasteiger partial charge in [0.25, 0.3) is 0 Å². The first-order chi connectivity index (χ1) is 14.0. The minimum absolute atomic E-state index is 0.0306. The van der Waals surface area contributed by atoms with Crippen LogP contribution in [0.15, 0.2) is 0 Å². The molecule has 0 heterocycles. The highest BCUT2D eigenvalue weighted by Gasteiger charge is 2.67. The molecule has 0 radical (unpaired) electrons. The van der Waals surface area contributed by atoms with Crippen molar-refractivity contribution in [1.29, 1.82) is 0 Å². The average Bonchev–Trinajstić information content (AvgIpc) is 3.01. The topological polar surface area (TPSA) is 54.4 Å². The van der Waals surface area contributed by atoms with Gasteiger partial charge < -0.3 is 5.11 Å². The number of Topliss-reactive ketones (excluding diaryl/α,β-unsaturated/α-hetero) is 2. The molecule has 0 amide bonds. The van der Waals surface area contributed by atoms with Crippen molar-refractivity contribution in [2.45, 2.75) is 111 Å². The third-order valence-electron chi connectivity index (χ3n) is 10.7. The largest absolute Gasteiger partial charge is 0.381 e. The normalized spacial score (nSPS) is 47.0. The lowest BCUT2D eigenvalue weighted by Gasteiger charge is -2.62. The lowest BCUT2D eigenvalue weighted by molar-refractivity contribution is -0.203. The molecule has 4 fully saturated rings. The van der Waals surface area contributed by atoms with E-state index in [1.54, 1.807) is 0 Å². The van der Waals surface area contributed by atoms with Crippen LogP contribution in [0.5, 0.6) is 0 Å². The summed E-state index contributed by atoms with van der Waals surface area (Å²) in [4.78, 5) is 25.4. The second-order valence-corrected chi connectivity index (χ2v) is 12.5. The second-order valence-electron chi connectivity index (χ2n) is 12.5. The summed E-state index contributed by atoms with van der Waals surface area (Å²) in [5.41, 5.74) is -1.47. The molecule has 4 saturated carbocycles. The van der Waals surface area contributed by atoms with Gasteiger partial charge in [-0.25, -0.2) is 0 Å². The Morgan fingerprint density at radius 3 is 2.43 bits per heavy atom. The van der Waals surface area contributed by atoms with Crippen LogP contribution in [0, 0.1) is 46.3 Å². The fraction of sp³-hybridized carbons (Fsp3) is 0.926. The summed E-state index contributed by atoms with van der Waals surface area (Å²) in [5, 5.41) is 11.4. The smallest absolute Gasteiger partial charge is 0.165 e. The molecule has 8 unspecified atom stereocenters. The van der Waals surface area contributed by atoms with Gasteiger partial charge in [0, 0.05) is 24.7 Å². The van der Waals surface area contributed by atoms with Crippen molar-refractivity contribution in [2.24, 2.45) is 46.3 Å². The molecule has 4 aliphatic carbocycles. The van der Waals surface area contributed by atoms with Gasteiger partial charge in [-0.2, -0.15) is 0 Å². The molecule has 0 bridgehead atoms. The molecule has 0 aliphatic heterocycles. The maximum Gasteiger partial charge on any atom is 0.165 e. The number of hydrogen-bond donors (Lipinski definition) is 1. The second kappa shape index (κ2) is 7.71. The molecular formula is C27H44O3. The molecule has 3 nitrogen and oxygen atoms in total. The van der Waals surface area contributed by atoms with Gasteiger partial charge in [-0.15, -0.1) is 0 Å². The van der Waals surface area contributed by atoms with Crippen LogP contribution in [0.3, 0.4) is 0 Å². The van der Waals surface area contributed by atoms with Crippen LogP contribution in [0.25, 0.3) is 0 Å².